The van der Waals surface area contributed by atoms with E-state index in [1.165, 1.54) is 18.4 Å². The number of fused-ring (bicyclic) bond motifs is 1. The SMILES string of the molecule is Cn1nc(-c2ccc(C(=O)NC3CCCCC3O)cc2)nc1Nc1ccc2[nH]ncc2c1C1CC1. The number of carbonyl (C=O) groups excluding carboxylic acids is 1. The molecular weight excluding hydrogens is 442 g/mol. The summed E-state index contributed by atoms with van der Waals surface area (Å²) in [4.78, 5) is 17.4. The summed E-state index contributed by atoms with van der Waals surface area (Å²) in [6, 6.07) is 11.2. The first-order chi connectivity index (χ1) is 17.1. The summed E-state index contributed by atoms with van der Waals surface area (Å²) in [6.07, 6.45) is 7.38. The lowest BCUT2D eigenvalue weighted by atomic mass is 9.92. The minimum Gasteiger partial charge on any atom is -0.391 e. The zero-order chi connectivity index (χ0) is 23.9. The second-order valence-electron chi connectivity index (χ2n) is 9.65. The summed E-state index contributed by atoms with van der Waals surface area (Å²) in [5.74, 6) is 1.61. The Hall–Kier alpha value is -3.72. The molecule has 2 aromatic heterocycles. The summed E-state index contributed by atoms with van der Waals surface area (Å²) < 4.78 is 1.73. The van der Waals surface area contributed by atoms with Crippen LogP contribution in [-0.2, 0) is 7.05 Å². The number of aromatic nitrogens is 5. The molecule has 1 amide bonds. The van der Waals surface area contributed by atoms with E-state index in [9.17, 15) is 9.90 Å². The first-order valence-corrected chi connectivity index (χ1v) is 12.3. The highest BCUT2D eigenvalue weighted by Gasteiger charge is 2.29. The molecule has 2 aliphatic rings. The number of aliphatic hydroxyl groups excluding tert-OH is 1. The fourth-order valence-electron chi connectivity index (χ4n) is 5.00. The summed E-state index contributed by atoms with van der Waals surface area (Å²) in [7, 11) is 1.86. The third-order valence-electron chi connectivity index (χ3n) is 7.11. The van der Waals surface area contributed by atoms with Crippen LogP contribution < -0.4 is 10.6 Å². The fourth-order valence-corrected chi connectivity index (χ4v) is 5.00. The number of anilines is 2. The molecule has 0 bridgehead atoms. The Balaban J connectivity index is 1.20. The van der Waals surface area contributed by atoms with Crippen LogP contribution in [-0.4, -0.2) is 48.1 Å². The van der Waals surface area contributed by atoms with Crippen molar-refractivity contribution in [3.63, 3.8) is 0 Å². The normalized spacial score (nSPS) is 20.2. The van der Waals surface area contributed by atoms with Crippen LogP contribution in [0.15, 0.2) is 42.6 Å². The second kappa shape index (κ2) is 8.81. The molecule has 2 aliphatic carbocycles. The van der Waals surface area contributed by atoms with Crippen LogP contribution in [0.2, 0.25) is 0 Å². The van der Waals surface area contributed by atoms with Crippen molar-refractivity contribution in [3.05, 3.63) is 53.7 Å². The molecule has 2 saturated carbocycles. The van der Waals surface area contributed by atoms with Gasteiger partial charge in [-0.25, -0.2) is 4.68 Å². The van der Waals surface area contributed by atoms with E-state index in [-0.39, 0.29) is 11.9 Å². The monoisotopic (exact) mass is 471 g/mol. The number of aliphatic hydroxyl groups is 1. The van der Waals surface area contributed by atoms with Gasteiger partial charge in [-0.2, -0.15) is 10.1 Å². The topological polar surface area (TPSA) is 121 Å². The van der Waals surface area contributed by atoms with Crippen LogP contribution in [0.4, 0.5) is 11.6 Å². The smallest absolute Gasteiger partial charge is 0.251 e. The third kappa shape index (κ3) is 4.27. The van der Waals surface area contributed by atoms with Crippen molar-refractivity contribution in [1.82, 2.24) is 30.3 Å². The lowest BCUT2D eigenvalue weighted by Crippen LogP contribution is -2.45. The molecule has 6 rings (SSSR count). The molecule has 0 saturated heterocycles. The highest BCUT2D eigenvalue weighted by Crippen LogP contribution is 2.47. The Morgan fingerprint density at radius 1 is 1.09 bits per heavy atom. The Morgan fingerprint density at radius 2 is 1.89 bits per heavy atom. The summed E-state index contributed by atoms with van der Waals surface area (Å²) in [5.41, 5.74) is 4.73. The minimum atomic E-state index is -0.467. The molecule has 180 valence electrons. The molecule has 35 heavy (non-hydrogen) atoms. The Morgan fingerprint density at radius 3 is 2.66 bits per heavy atom. The molecular formula is C26H29N7O2. The average Bonchev–Trinajstić information content (AvgIpc) is 3.48. The average molecular weight is 472 g/mol. The molecule has 2 fully saturated rings. The van der Waals surface area contributed by atoms with Gasteiger partial charge in [-0.15, -0.1) is 5.10 Å². The molecule has 9 heteroatoms. The molecule has 2 heterocycles. The number of benzene rings is 2. The lowest BCUT2D eigenvalue weighted by Gasteiger charge is -2.28. The van der Waals surface area contributed by atoms with Crippen LogP contribution in [0.5, 0.6) is 0 Å². The maximum atomic E-state index is 12.7. The maximum Gasteiger partial charge on any atom is 0.251 e. The lowest BCUT2D eigenvalue weighted by molar-refractivity contribution is 0.0717. The molecule has 2 unspecified atom stereocenters. The van der Waals surface area contributed by atoms with Crippen molar-refractivity contribution in [1.29, 1.82) is 0 Å². The van der Waals surface area contributed by atoms with E-state index in [0.29, 0.717) is 23.3 Å². The number of carbonyl (C=O) groups is 1. The van der Waals surface area contributed by atoms with Gasteiger partial charge in [-0.1, -0.05) is 25.0 Å². The molecule has 2 atom stereocenters. The zero-order valence-corrected chi connectivity index (χ0v) is 19.7. The Kier molecular flexibility index (Phi) is 5.49. The van der Waals surface area contributed by atoms with Gasteiger partial charge in [-0.3, -0.25) is 9.89 Å². The molecule has 4 N–H and O–H groups in total. The first kappa shape index (κ1) is 21.8. The van der Waals surface area contributed by atoms with E-state index in [1.54, 1.807) is 16.8 Å². The van der Waals surface area contributed by atoms with Crippen molar-refractivity contribution in [2.45, 2.75) is 56.6 Å². The van der Waals surface area contributed by atoms with Gasteiger partial charge in [0.2, 0.25) is 5.95 Å². The molecule has 4 aromatic rings. The first-order valence-electron chi connectivity index (χ1n) is 12.3. The number of nitrogens with one attached hydrogen (secondary N) is 3. The van der Waals surface area contributed by atoms with Gasteiger partial charge in [-0.05, 0) is 61.4 Å². The highest BCUT2D eigenvalue weighted by molar-refractivity contribution is 5.95. The van der Waals surface area contributed by atoms with E-state index >= 15 is 0 Å². The quantitative estimate of drug-likeness (QED) is 0.337. The molecule has 2 aromatic carbocycles. The number of rotatable bonds is 6. The maximum absolute atomic E-state index is 12.7. The zero-order valence-electron chi connectivity index (χ0n) is 19.7. The van der Waals surface area contributed by atoms with Crippen molar-refractivity contribution in [2.75, 3.05) is 5.32 Å². The highest BCUT2D eigenvalue weighted by atomic mass is 16.3. The predicted octanol–water partition coefficient (Wildman–Crippen LogP) is 4.01. The number of hydrogen-bond donors (Lipinski definition) is 4. The fraction of sp³-hybridized carbons (Fsp3) is 0.385. The van der Waals surface area contributed by atoms with Gasteiger partial charge in [0.1, 0.15) is 0 Å². The predicted molar refractivity (Wildman–Crippen MR) is 134 cm³/mol. The number of aromatic amines is 1. The minimum absolute atomic E-state index is 0.166. The largest absolute Gasteiger partial charge is 0.391 e. The van der Waals surface area contributed by atoms with Crippen molar-refractivity contribution in [2.24, 2.45) is 7.05 Å². The van der Waals surface area contributed by atoms with Gasteiger partial charge < -0.3 is 15.7 Å². The standard InChI is InChI=1S/C26H29N7O2/c1-33-26(29-21-13-12-19-18(14-27-31-19)23(21)15-6-7-15)30-24(32-33)16-8-10-17(11-9-16)25(35)28-20-4-2-3-5-22(20)34/h8-15,20,22,34H,2-7H2,1H3,(H,27,31)(H,28,35)(H,29,30,32). The summed E-state index contributed by atoms with van der Waals surface area (Å²) in [5, 5.41) is 29.6. The van der Waals surface area contributed by atoms with E-state index in [4.69, 9.17) is 4.98 Å². The molecule has 0 radical (unpaired) electrons. The van der Waals surface area contributed by atoms with E-state index < -0.39 is 6.10 Å². The van der Waals surface area contributed by atoms with Gasteiger partial charge in [0, 0.05) is 29.2 Å². The van der Waals surface area contributed by atoms with Gasteiger partial charge in [0.05, 0.1) is 23.9 Å². The number of H-pyrrole nitrogens is 1. The van der Waals surface area contributed by atoms with Crippen LogP contribution in [0.25, 0.3) is 22.3 Å². The summed E-state index contributed by atoms with van der Waals surface area (Å²) >= 11 is 0. The van der Waals surface area contributed by atoms with E-state index in [2.05, 4.69) is 32.0 Å². The molecule has 9 nitrogen and oxygen atoms in total. The Labute approximate surface area is 203 Å². The van der Waals surface area contributed by atoms with Gasteiger partial charge in [0.25, 0.3) is 5.91 Å². The van der Waals surface area contributed by atoms with Crippen LogP contribution in [0, 0.1) is 0 Å². The van der Waals surface area contributed by atoms with Gasteiger partial charge in [0.15, 0.2) is 5.82 Å². The van der Waals surface area contributed by atoms with Crippen molar-refractivity contribution >= 4 is 28.4 Å². The van der Waals surface area contributed by atoms with Crippen molar-refractivity contribution in [3.8, 4) is 11.4 Å². The second-order valence-corrected chi connectivity index (χ2v) is 9.65. The summed E-state index contributed by atoms with van der Waals surface area (Å²) in [6.45, 7) is 0. The molecule has 0 aliphatic heterocycles. The van der Waals surface area contributed by atoms with Gasteiger partial charge >= 0.3 is 0 Å². The van der Waals surface area contributed by atoms with Crippen molar-refractivity contribution < 1.29 is 9.90 Å². The third-order valence-corrected chi connectivity index (χ3v) is 7.11. The number of aryl methyl sites for hydroxylation is 1. The van der Waals surface area contributed by atoms with E-state index in [1.807, 2.05) is 31.4 Å². The number of hydrogen-bond acceptors (Lipinski definition) is 6. The van der Waals surface area contributed by atoms with Crippen LogP contribution >= 0.6 is 0 Å². The number of nitrogens with zero attached hydrogens (tertiary/aromatic N) is 4. The Bertz CT molecular complexity index is 1370. The molecule has 0 spiro atoms. The van der Waals surface area contributed by atoms with Crippen LogP contribution in [0.1, 0.15) is 60.4 Å². The number of amides is 1. The van der Waals surface area contributed by atoms with Crippen LogP contribution in [0.3, 0.4) is 0 Å². The van der Waals surface area contributed by atoms with E-state index in [0.717, 1.165) is 47.8 Å².